The standard InChI is InChI=1S/C15H22F2N4OS/c1-11-18-14(23-19-11)21-6-2-12(3-7-21)10-13(22)20-8-4-15(16,17)5-9-20/h12H,2-10H2,1H3. The van der Waals surface area contributed by atoms with Gasteiger partial charge in [0.15, 0.2) is 0 Å². The Morgan fingerprint density at radius 2 is 1.91 bits per heavy atom. The van der Waals surface area contributed by atoms with Crippen molar-refractivity contribution in [2.75, 3.05) is 31.1 Å². The summed E-state index contributed by atoms with van der Waals surface area (Å²) >= 11 is 1.41. The van der Waals surface area contributed by atoms with Crippen molar-refractivity contribution < 1.29 is 13.6 Å². The second-order valence-electron chi connectivity index (χ2n) is 6.50. The largest absolute Gasteiger partial charge is 0.347 e. The van der Waals surface area contributed by atoms with Gasteiger partial charge >= 0.3 is 0 Å². The molecule has 0 radical (unpaired) electrons. The number of amides is 1. The Balaban J connectivity index is 1.44. The number of likely N-dealkylation sites (tertiary alicyclic amines) is 1. The summed E-state index contributed by atoms with van der Waals surface area (Å²) in [6, 6.07) is 0. The fraction of sp³-hybridized carbons (Fsp3) is 0.800. The van der Waals surface area contributed by atoms with E-state index in [0.29, 0.717) is 12.3 Å². The molecule has 2 aliphatic heterocycles. The van der Waals surface area contributed by atoms with Crippen molar-refractivity contribution in [2.45, 2.75) is 45.0 Å². The molecule has 128 valence electrons. The molecule has 0 unspecified atom stereocenters. The van der Waals surface area contributed by atoms with Gasteiger partial charge in [-0.25, -0.2) is 13.8 Å². The molecule has 2 saturated heterocycles. The average molecular weight is 344 g/mol. The number of alkyl halides is 2. The number of nitrogens with zero attached hydrogens (tertiary/aromatic N) is 4. The van der Waals surface area contributed by atoms with Crippen molar-refractivity contribution in [3.63, 3.8) is 0 Å². The van der Waals surface area contributed by atoms with Crippen LogP contribution in [0.2, 0.25) is 0 Å². The second-order valence-corrected chi connectivity index (χ2v) is 7.23. The van der Waals surface area contributed by atoms with E-state index >= 15 is 0 Å². The summed E-state index contributed by atoms with van der Waals surface area (Å²) in [6.45, 7) is 4.02. The van der Waals surface area contributed by atoms with Gasteiger partial charge in [0.1, 0.15) is 5.82 Å². The number of halogens is 2. The van der Waals surface area contributed by atoms with E-state index in [4.69, 9.17) is 0 Å². The van der Waals surface area contributed by atoms with Gasteiger partial charge < -0.3 is 9.80 Å². The number of aryl methyl sites for hydroxylation is 1. The first-order chi connectivity index (χ1) is 10.9. The predicted molar refractivity (Wildman–Crippen MR) is 85.0 cm³/mol. The molecule has 0 spiro atoms. The molecule has 1 amide bonds. The molecule has 23 heavy (non-hydrogen) atoms. The Hall–Kier alpha value is -1.31. The molecule has 1 aromatic heterocycles. The lowest BCUT2D eigenvalue weighted by molar-refractivity contribution is -0.138. The normalized spacial score (nSPS) is 22.4. The predicted octanol–water partition coefficient (Wildman–Crippen LogP) is 2.71. The maximum atomic E-state index is 13.2. The third-order valence-corrected chi connectivity index (χ3v) is 5.58. The highest BCUT2D eigenvalue weighted by Gasteiger charge is 2.36. The van der Waals surface area contributed by atoms with Crippen molar-refractivity contribution in [3.05, 3.63) is 5.82 Å². The lowest BCUT2D eigenvalue weighted by Crippen LogP contribution is -2.44. The van der Waals surface area contributed by atoms with Crippen LogP contribution >= 0.6 is 11.5 Å². The number of hydrogen-bond donors (Lipinski definition) is 0. The first-order valence-corrected chi connectivity index (χ1v) is 8.91. The Kier molecular flexibility index (Phi) is 4.79. The van der Waals surface area contributed by atoms with Crippen molar-refractivity contribution in [3.8, 4) is 0 Å². The number of carbonyl (C=O) groups is 1. The molecular formula is C15H22F2N4OS. The van der Waals surface area contributed by atoms with Crippen LogP contribution in [-0.4, -0.2) is 52.3 Å². The van der Waals surface area contributed by atoms with Crippen LogP contribution in [0.4, 0.5) is 13.9 Å². The van der Waals surface area contributed by atoms with Gasteiger partial charge in [-0.15, -0.1) is 0 Å². The molecule has 2 aliphatic rings. The highest BCUT2D eigenvalue weighted by Crippen LogP contribution is 2.30. The van der Waals surface area contributed by atoms with Crippen LogP contribution in [0.1, 0.15) is 37.9 Å². The number of carbonyl (C=O) groups excluding carboxylic acids is 1. The van der Waals surface area contributed by atoms with E-state index in [2.05, 4.69) is 14.3 Å². The molecule has 0 N–H and O–H groups in total. The van der Waals surface area contributed by atoms with Gasteiger partial charge in [-0.1, -0.05) is 0 Å². The summed E-state index contributed by atoms with van der Waals surface area (Å²) in [7, 11) is 0. The molecule has 3 heterocycles. The van der Waals surface area contributed by atoms with E-state index in [1.165, 1.54) is 11.5 Å². The van der Waals surface area contributed by atoms with Crippen LogP contribution in [0.15, 0.2) is 0 Å². The van der Waals surface area contributed by atoms with Gasteiger partial charge in [0.2, 0.25) is 11.0 Å². The minimum absolute atomic E-state index is 0.0331. The lowest BCUT2D eigenvalue weighted by Gasteiger charge is -2.35. The maximum Gasteiger partial charge on any atom is 0.251 e. The fourth-order valence-corrected chi connectivity index (χ4v) is 3.93. The van der Waals surface area contributed by atoms with E-state index in [9.17, 15) is 13.6 Å². The van der Waals surface area contributed by atoms with Gasteiger partial charge in [-0.3, -0.25) is 4.79 Å². The first kappa shape index (κ1) is 16.5. The van der Waals surface area contributed by atoms with Gasteiger partial charge in [-0.05, 0) is 25.7 Å². The molecule has 1 aromatic rings. The van der Waals surface area contributed by atoms with E-state index < -0.39 is 5.92 Å². The van der Waals surface area contributed by atoms with Crippen LogP contribution in [0.5, 0.6) is 0 Å². The topological polar surface area (TPSA) is 49.3 Å². The molecule has 0 aliphatic carbocycles. The molecule has 0 saturated carbocycles. The second kappa shape index (κ2) is 6.67. The van der Waals surface area contributed by atoms with Crippen LogP contribution in [0, 0.1) is 12.8 Å². The van der Waals surface area contributed by atoms with Gasteiger partial charge in [0.05, 0.1) is 0 Å². The molecule has 8 heteroatoms. The zero-order valence-electron chi connectivity index (χ0n) is 13.3. The third-order valence-electron chi connectivity index (χ3n) is 4.71. The molecule has 0 atom stereocenters. The van der Waals surface area contributed by atoms with E-state index in [-0.39, 0.29) is 31.8 Å². The smallest absolute Gasteiger partial charge is 0.251 e. The van der Waals surface area contributed by atoms with E-state index in [1.807, 2.05) is 6.92 Å². The Morgan fingerprint density at radius 3 is 2.48 bits per heavy atom. The summed E-state index contributed by atoms with van der Waals surface area (Å²) < 4.78 is 30.5. The van der Waals surface area contributed by atoms with Crippen LogP contribution < -0.4 is 4.90 Å². The van der Waals surface area contributed by atoms with Crippen molar-refractivity contribution in [2.24, 2.45) is 5.92 Å². The van der Waals surface area contributed by atoms with E-state index in [1.54, 1.807) is 4.90 Å². The summed E-state index contributed by atoms with van der Waals surface area (Å²) in [6.07, 6.45) is 1.96. The van der Waals surface area contributed by atoms with Gasteiger partial charge in [0.25, 0.3) is 5.92 Å². The molecule has 0 bridgehead atoms. The number of anilines is 1. The van der Waals surface area contributed by atoms with Gasteiger partial charge in [0, 0.05) is 57.0 Å². The summed E-state index contributed by atoms with van der Waals surface area (Å²) in [5.74, 6) is -1.42. The summed E-state index contributed by atoms with van der Waals surface area (Å²) in [5.41, 5.74) is 0. The molecule has 5 nitrogen and oxygen atoms in total. The van der Waals surface area contributed by atoms with Crippen molar-refractivity contribution >= 4 is 22.6 Å². The third kappa shape index (κ3) is 4.16. The number of piperidine rings is 2. The zero-order chi connectivity index (χ0) is 16.4. The van der Waals surface area contributed by atoms with Crippen LogP contribution in [0.3, 0.4) is 0 Å². The van der Waals surface area contributed by atoms with Gasteiger partial charge in [-0.2, -0.15) is 4.37 Å². The first-order valence-electron chi connectivity index (χ1n) is 8.14. The summed E-state index contributed by atoms with van der Waals surface area (Å²) in [4.78, 5) is 20.5. The van der Waals surface area contributed by atoms with Crippen LogP contribution in [-0.2, 0) is 4.79 Å². The monoisotopic (exact) mass is 344 g/mol. The number of hydrogen-bond acceptors (Lipinski definition) is 5. The average Bonchev–Trinajstić information content (AvgIpc) is 2.94. The Morgan fingerprint density at radius 1 is 1.26 bits per heavy atom. The fourth-order valence-electron chi connectivity index (χ4n) is 3.20. The van der Waals surface area contributed by atoms with Crippen LogP contribution in [0.25, 0.3) is 0 Å². The van der Waals surface area contributed by atoms with E-state index in [0.717, 1.165) is 36.9 Å². The van der Waals surface area contributed by atoms with Crippen molar-refractivity contribution in [1.29, 1.82) is 0 Å². The Labute approximate surface area is 138 Å². The maximum absolute atomic E-state index is 13.2. The lowest BCUT2D eigenvalue weighted by atomic mass is 9.92. The summed E-state index contributed by atoms with van der Waals surface area (Å²) in [5, 5.41) is 0.950. The molecule has 3 rings (SSSR count). The molecular weight excluding hydrogens is 322 g/mol. The van der Waals surface area contributed by atoms with Crippen molar-refractivity contribution in [1.82, 2.24) is 14.3 Å². The minimum Gasteiger partial charge on any atom is -0.347 e. The highest BCUT2D eigenvalue weighted by molar-refractivity contribution is 7.09. The highest BCUT2D eigenvalue weighted by atomic mass is 32.1. The number of aromatic nitrogens is 2. The molecule has 0 aromatic carbocycles. The quantitative estimate of drug-likeness (QED) is 0.846. The number of rotatable bonds is 3. The molecule has 2 fully saturated rings. The zero-order valence-corrected chi connectivity index (χ0v) is 14.1. The SMILES string of the molecule is Cc1nsc(N2CCC(CC(=O)N3CCC(F)(F)CC3)CC2)n1. The Bertz CT molecular complexity index is 547. The minimum atomic E-state index is -2.60.